The molecule has 0 atom stereocenters. The van der Waals surface area contributed by atoms with Crippen molar-refractivity contribution in [2.75, 3.05) is 12.1 Å². The topological polar surface area (TPSA) is 68.2 Å². The first-order valence-electron chi connectivity index (χ1n) is 8.79. The highest BCUT2D eigenvalue weighted by Crippen LogP contribution is 2.32. The second kappa shape index (κ2) is 8.68. The van der Waals surface area contributed by atoms with Gasteiger partial charge in [0, 0.05) is 16.5 Å². The molecule has 1 heterocycles. The van der Waals surface area contributed by atoms with Crippen molar-refractivity contribution in [2.45, 2.75) is 20.3 Å². The molecule has 0 spiro atoms. The van der Waals surface area contributed by atoms with Gasteiger partial charge in [-0.3, -0.25) is 9.59 Å². The monoisotopic (exact) mass is 432 g/mol. The number of ether oxygens (including phenoxy) is 2. The number of nitrogens with zero attached hydrogens (tertiary/aromatic N) is 2. The van der Waals surface area contributed by atoms with Crippen molar-refractivity contribution >= 4 is 52.6 Å². The standard InChI is InChI=1S/C21H18Cl2N2O4/c1-4-20(26)29-18-6-5-13(8-19(18)28-3)7-17-12(2)24-25(21(17)27)16-10-14(22)9-15(23)11-16/h5-11H,4H2,1-3H3/b17-7+. The Labute approximate surface area is 178 Å². The van der Waals surface area contributed by atoms with Gasteiger partial charge in [-0.25, -0.2) is 0 Å². The number of carbonyl (C=O) groups excluding carboxylic acids is 2. The van der Waals surface area contributed by atoms with E-state index in [1.165, 1.54) is 12.1 Å². The molecule has 0 aromatic heterocycles. The summed E-state index contributed by atoms with van der Waals surface area (Å²) < 4.78 is 10.5. The molecule has 0 bridgehead atoms. The maximum absolute atomic E-state index is 12.9. The highest BCUT2D eigenvalue weighted by Gasteiger charge is 2.29. The number of amides is 1. The number of hydrazone groups is 1. The molecule has 0 saturated heterocycles. The number of anilines is 1. The van der Waals surface area contributed by atoms with Crippen LogP contribution >= 0.6 is 23.2 Å². The highest BCUT2D eigenvalue weighted by atomic mass is 35.5. The van der Waals surface area contributed by atoms with Gasteiger partial charge in [0.15, 0.2) is 11.5 Å². The van der Waals surface area contributed by atoms with E-state index in [0.717, 1.165) is 0 Å². The van der Waals surface area contributed by atoms with Crippen molar-refractivity contribution in [1.82, 2.24) is 0 Å². The van der Waals surface area contributed by atoms with Gasteiger partial charge in [-0.15, -0.1) is 0 Å². The largest absolute Gasteiger partial charge is 0.493 e. The normalized spacial score (nSPS) is 14.9. The molecule has 1 amide bonds. The molecule has 0 saturated carbocycles. The molecule has 1 aliphatic heterocycles. The van der Waals surface area contributed by atoms with E-state index in [2.05, 4.69) is 5.10 Å². The Bertz CT molecular complexity index is 1030. The molecule has 6 nitrogen and oxygen atoms in total. The molecule has 0 N–H and O–H groups in total. The van der Waals surface area contributed by atoms with Crippen LogP contribution < -0.4 is 14.5 Å². The maximum atomic E-state index is 12.9. The SMILES string of the molecule is CCC(=O)Oc1ccc(/C=C2/C(=O)N(c3cc(Cl)cc(Cl)c3)N=C2C)cc1OC. The number of hydrogen-bond acceptors (Lipinski definition) is 5. The van der Waals surface area contributed by atoms with E-state index < -0.39 is 0 Å². The lowest BCUT2D eigenvalue weighted by Gasteiger charge is -2.12. The molecule has 8 heteroatoms. The molecule has 0 unspecified atom stereocenters. The Balaban J connectivity index is 1.91. The van der Waals surface area contributed by atoms with Crippen LogP contribution in [0.2, 0.25) is 10.0 Å². The summed E-state index contributed by atoms with van der Waals surface area (Å²) >= 11 is 12.1. The lowest BCUT2D eigenvalue weighted by Crippen LogP contribution is -2.21. The summed E-state index contributed by atoms with van der Waals surface area (Å²) in [6.45, 7) is 3.45. The molecule has 150 valence electrons. The van der Waals surface area contributed by atoms with E-state index in [0.29, 0.717) is 44.1 Å². The van der Waals surface area contributed by atoms with Crippen molar-refractivity contribution in [3.05, 3.63) is 57.6 Å². The van der Waals surface area contributed by atoms with E-state index in [1.54, 1.807) is 56.3 Å². The summed E-state index contributed by atoms with van der Waals surface area (Å²) in [7, 11) is 1.48. The van der Waals surface area contributed by atoms with Gasteiger partial charge >= 0.3 is 5.97 Å². The molecular formula is C21H18Cl2N2O4. The number of hydrogen-bond donors (Lipinski definition) is 0. The summed E-state index contributed by atoms with van der Waals surface area (Å²) in [5.74, 6) is 0.0416. The first-order chi connectivity index (χ1) is 13.8. The molecule has 0 fully saturated rings. The molecule has 0 aliphatic carbocycles. The zero-order valence-electron chi connectivity index (χ0n) is 16.0. The van der Waals surface area contributed by atoms with Gasteiger partial charge in [-0.1, -0.05) is 36.2 Å². The zero-order valence-corrected chi connectivity index (χ0v) is 17.5. The van der Waals surface area contributed by atoms with Crippen LogP contribution in [-0.4, -0.2) is 24.7 Å². The van der Waals surface area contributed by atoms with E-state index in [-0.39, 0.29) is 18.3 Å². The third-order valence-electron chi connectivity index (χ3n) is 4.17. The fourth-order valence-electron chi connectivity index (χ4n) is 2.74. The van der Waals surface area contributed by atoms with Gasteiger partial charge in [0.1, 0.15) is 0 Å². The van der Waals surface area contributed by atoms with Crippen molar-refractivity contribution < 1.29 is 19.1 Å². The Hall–Kier alpha value is -2.83. The highest BCUT2D eigenvalue weighted by molar-refractivity contribution is 6.36. The van der Waals surface area contributed by atoms with Crippen LogP contribution in [0.1, 0.15) is 25.8 Å². The zero-order chi connectivity index (χ0) is 21.1. The third kappa shape index (κ3) is 4.60. The van der Waals surface area contributed by atoms with Crippen LogP contribution in [0.15, 0.2) is 47.1 Å². The van der Waals surface area contributed by atoms with Crippen molar-refractivity contribution in [3.63, 3.8) is 0 Å². The fraction of sp³-hybridized carbons (Fsp3) is 0.190. The van der Waals surface area contributed by atoms with Crippen molar-refractivity contribution in [1.29, 1.82) is 0 Å². The van der Waals surface area contributed by atoms with Crippen molar-refractivity contribution in [2.24, 2.45) is 5.10 Å². The average molecular weight is 433 g/mol. The summed E-state index contributed by atoms with van der Waals surface area (Å²) in [6, 6.07) is 9.85. The lowest BCUT2D eigenvalue weighted by atomic mass is 10.1. The van der Waals surface area contributed by atoms with E-state index in [4.69, 9.17) is 32.7 Å². The molecule has 0 radical (unpaired) electrons. The maximum Gasteiger partial charge on any atom is 0.311 e. The van der Waals surface area contributed by atoms with Gasteiger partial charge in [-0.05, 0) is 48.9 Å². The molecular weight excluding hydrogens is 415 g/mol. The second-order valence-corrected chi connectivity index (χ2v) is 7.10. The van der Waals surface area contributed by atoms with Crippen LogP contribution in [0, 0.1) is 0 Å². The Morgan fingerprint density at radius 3 is 2.45 bits per heavy atom. The Morgan fingerprint density at radius 1 is 1.14 bits per heavy atom. The van der Waals surface area contributed by atoms with Crippen LogP contribution in [0.25, 0.3) is 6.08 Å². The van der Waals surface area contributed by atoms with Crippen molar-refractivity contribution in [3.8, 4) is 11.5 Å². The quantitative estimate of drug-likeness (QED) is 0.373. The van der Waals surface area contributed by atoms with Crippen LogP contribution in [0.4, 0.5) is 5.69 Å². The van der Waals surface area contributed by atoms with Crippen LogP contribution in [0.5, 0.6) is 11.5 Å². The van der Waals surface area contributed by atoms with Crippen LogP contribution in [-0.2, 0) is 9.59 Å². The fourth-order valence-corrected chi connectivity index (χ4v) is 3.26. The molecule has 2 aromatic carbocycles. The van der Waals surface area contributed by atoms with Gasteiger partial charge < -0.3 is 9.47 Å². The number of halogens is 2. The van der Waals surface area contributed by atoms with E-state index >= 15 is 0 Å². The molecule has 3 rings (SSSR count). The Kier molecular flexibility index (Phi) is 6.25. The van der Waals surface area contributed by atoms with Gasteiger partial charge in [0.05, 0.1) is 24.1 Å². The first-order valence-corrected chi connectivity index (χ1v) is 9.54. The predicted molar refractivity (Wildman–Crippen MR) is 114 cm³/mol. The average Bonchev–Trinajstić information content (AvgIpc) is 2.96. The summed E-state index contributed by atoms with van der Waals surface area (Å²) in [5, 5.41) is 6.40. The summed E-state index contributed by atoms with van der Waals surface area (Å²) in [5.41, 5.74) is 2.14. The first kappa shape index (κ1) is 20.9. The second-order valence-electron chi connectivity index (χ2n) is 6.23. The number of esters is 1. The van der Waals surface area contributed by atoms with Gasteiger partial charge in [0.2, 0.25) is 0 Å². The smallest absolute Gasteiger partial charge is 0.311 e. The van der Waals surface area contributed by atoms with Gasteiger partial charge in [0.25, 0.3) is 5.91 Å². The molecule has 1 aliphatic rings. The van der Waals surface area contributed by atoms with E-state index in [1.807, 2.05) is 0 Å². The molecule has 2 aromatic rings. The van der Waals surface area contributed by atoms with E-state index in [9.17, 15) is 9.59 Å². The summed E-state index contributed by atoms with van der Waals surface area (Å²) in [4.78, 5) is 24.4. The summed E-state index contributed by atoms with van der Waals surface area (Å²) in [6.07, 6.45) is 1.95. The molecule has 29 heavy (non-hydrogen) atoms. The number of methoxy groups -OCH3 is 1. The number of benzene rings is 2. The third-order valence-corrected chi connectivity index (χ3v) is 4.60. The van der Waals surface area contributed by atoms with Crippen LogP contribution in [0.3, 0.4) is 0 Å². The Morgan fingerprint density at radius 2 is 1.83 bits per heavy atom. The minimum atomic E-state index is -0.362. The number of carbonyl (C=O) groups is 2. The minimum absolute atomic E-state index is 0.252. The minimum Gasteiger partial charge on any atom is -0.493 e. The number of rotatable bonds is 5. The predicted octanol–water partition coefficient (Wildman–Crippen LogP) is 5.12. The lowest BCUT2D eigenvalue weighted by molar-refractivity contribution is -0.134. The van der Waals surface area contributed by atoms with Gasteiger partial charge in [-0.2, -0.15) is 10.1 Å².